The number of amides is 1. The number of nitro benzene ring substituents is 1. The summed E-state index contributed by atoms with van der Waals surface area (Å²) in [7, 11) is -3.77. The van der Waals surface area contributed by atoms with E-state index in [1.54, 1.807) is 19.1 Å². The standard InChI is InChI=1S/C22H26N4O7S/c1-16-14-17(2-4-20(16)26(28)29)22(27)23-19-15-18(34(30,31)25-8-12-33-13-9-25)3-5-21(19)24-6-10-32-11-7-24/h2-5,14-15H,6-13H2,1H3,(H,23,27). The molecule has 0 atom stereocenters. The molecular weight excluding hydrogens is 464 g/mol. The first-order valence-electron chi connectivity index (χ1n) is 10.9. The van der Waals surface area contributed by atoms with Crippen molar-refractivity contribution in [1.29, 1.82) is 0 Å². The molecule has 0 aliphatic carbocycles. The van der Waals surface area contributed by atoms with E-state index in [9.17, 15) is 23.3 Å². The van der Waals surface area contributed by atoms with E-state index in [1.165, 1.54) is 28.6 Å². The smallest absolute Gasteiger partial charge is 0.272 e. The van der Waals surface area contributed by atoms with Crippen molar-refractivity contribution in [1.82, 2.24) is 4.31 Å². The zero-order chi connectivity index (χ0) is 24.3. The van der Waals surface area contributed by atoms with Gasteiger partial charge in [0, 0.05) is 43.4 Å². The van der Waals surface area contributed by atoms with Gasteiger partial charge in [-0.2, -0.15) is 4.31 Å². The Morgan fingerprint density at radius 1 is 1.00 bits per heavy atom. The highest BCUT2D eigenvalue weighted by molar-refractivity contribution is 7.89. The molecule has 2 heterocycles. The molecule has 2 aromatic carbocycles. The van der Waals surface area contributed by atoms with Crippen LogP contribution in [0, 0.1) is 17.0 Å². The summed E-state index contributed by atoms with van der Waals surface area (Å²) in [5.41, 5.74) is 1.53. The second-order valence-corrected chi connectivity index (χ2v) is 9.95. The van der Waals surface area contributed by atoms with Gasteiger partial charge in [-0.25, -0.2) is 8.42 Å². The van der Waals surface area contributed by atoms with Crippen molar-refractivity contribution in [3.05, 3.63) is 57.6 Å². The van der Waals surface area contributed by atoms with E-state index in [0.717, 1.165) is 0 Å². The van der Waals surface area contributed by atoms with Crippen molar-refractivity contribution in [2.45, 2.75) is 11.8 Å². The van der Waals surface area contributed by atoms with Crippen molar-refractivity contribution in [3.8, 4) is 0 Å². The van der Waals surface area contributed by atoms with Gasteiger partial charge in [0.1, 0.15) is 0 Å². The monoisotopic (exact) mass is 490 g/mol. The molecule has 2 saturated heterocycles. The Balaban J connectivity index is 1.68. The minimum Gasteiger partial charge on any atom is -0.379 e. The van der Waals surface area contributed by atoms with E-state index in [-0.39, 0.29) is 29.2 Å². The molecule has 0 aromatic heterocycles. The molecule has 2 fully saturated rings. The third-order valence-corrected chi connectivity index (χ3v) is 7.73. The summed E-state index contributed by atoms with van der Waals surface area (Å²) < 4.78 is 38.4. The number of rotatable bonds is 6. The highest BCUT2D eigenvalue weighted by atomic mass is 32.2. The zero-order valence-electron chi connectivity index (χ0n) is 18.7. The quantitative estimate of drug-likeness (QED) is 0.481. The van der Waals surface area contributed by atoms with E-state index in [4.69, 9.17) is 9.47 Å². The van der Waals surface area contributed by atoms with Crippen molar-refractivity contribution in [3.63, 3.8) is 0 Å². The molecule has 2 aliphatic rings. The number of nitrogens with zero attached hydrogens (tertiary/aromatic N) is 3. The molecule has 4 rings (SSSR count). The minimum absolute atomic E-state index is 0.0709. The van der Waals surface area contributed by atoms with Gasteiger partial charge in [0.2, 0.25) is 10.0 Å². The number of hydrogen-bond donors (Lipinski definition) is 1. The maximum absolute atomic E-state index is 13.2. The van der Waals surface area contributed by atoms with Crippen LogP contribution in [0.4, 0.5) is 17.1 Å². The maximum atomic E-state index is 13.2. The number of nitrogens with one attached hydrogen (secondary N) is 1. The number of aryl methyl sites for hydroxylation is 1. The number of ether oxygens (including phenoxy) is 2. The molecule has 2 aliphatic heterocycles. The van der Waals surface area contributed by atoms with Crippen molar-refractivity contribution >= 4 is 33.0 Å². The summed E-state index contributed by atoms with van der Waals surface area (Å²) in [6, 6.07) is 8.80. The highest BCUT2D eigenvalue weighted by Crippen LogP contribution is 2.32. The molecule has 34 heavy (non-hydrogen) atoms. The first-order valence-corrected chi connectivity index (χ1v) is 12.3. The maximum Gasteiger partial charge on any atom is 0.272 e. The molecule has 0 unspecified atom stereocenters. The number of morpholine rings is 2. The van der Waals surface area contributed by atoms with Crippen LogP contribution in [0.2, 0.25) is 0 Å². The molecule has 182 valence electrons. The van der Waals surface area contributed by atoms with Gasteiger partial charge in [0.25, 0.3) is 11.6 Å². The molecule has 1 N–H and O–H groups in total. The topological polar surface area (TPSA) is 131 Å². The molecule has 0 spiro atoms. The van der Waals surface area contributed by atoms with Crippen molar-refractivity contribution in [2.24, 2.45) is 0 Å². The predicted molar refractivity (Wildman–Crippen MR) is 125 cm³/mol. The Morgan fingerprint density at radius 3 is 2.26 bits per heavy atom. The normalized spacial score (nSPS) is 17.4. The van der Waals surface area contributed by atoms with E-state index in [0.29, 0.717) is 56.5 Å². The summed E-state index contributed by atoms with van der Waals surface area (Å²) in [5, 5.41) is 13.9. The highest BCUT2D eigenvalue weighted by Gasteiger charge is 2.28. The summed E-state index contributed by atoms with van der Waals surface area (Å²) in [6.07, 6.45) is 0. The Morgan fingerprint density at radius 2 is 1.65 bits per heavy atom. The molecule has 0 saturated carbocycles. The van der Waals surface area contributed by atoms with Crippen LogP contribution < -0.4 is 10.2 Å². The second-order valence-electron chi connectivity index (χ2n) is 8.01. The number of nitro groups is 1. The van der Waals surface area contributed by atoms with E-state index >= 15 is 0 Å². The lowest BCUT2D eigenvalue weighted by atomic mass is 10.1. The molecular formula is C22H26N4O7S. The fourth-order valence-corrected chi connectivity index (χ4v) is 5.42. The van der Waals surface area contributed by atoms with Gasteiger partial charge in [-0.05, 0) is 37.3 Å². The Kier molecular flexibility index (Phi) is 7.12. The average Bonchev–Trinajstić information content (AvgIpc) is 2.84. The molecule has 2 aromatic rings. The number of sulfonamides is 1. The zero-order valence-corrected chi connectivity index (χ0v) is 19.5. The van der Waals surface area contributed by atoms with Crippen LogP contribution in [0.25, 0.3) is 0 Å². The lowest BCUT2D eigenvalue weighted by Crippen LogP contribution is -2.40. The lowest BCUT2D eigenvalue weighted by molar-refractivity contribution is -0.385. The fourth-order valence-electron chi connectivity index (χ4n) is 3.99. The summed E-state index contributed by atoms with van der Waals surface area (Å²) >= 11 is 0. The average molecular weight is 491 g/mol. The summed E-state index contributed by atoms with van der Waals surface area (Å²) in [6.45, 7) is 4.95. The molecule has 12 heteroatoms. The molecule has 0 radical (unpaired) electrons. The van der Waals surface area contributed by atoms with E-state index in [2.05, 4.69) is 5.32 Å². The summed E-state index contributed by atoms with van der Waals surface area (Å²) in [5.74, 6) is -0.492. The Labute approximate surface area is 197 Å². The van der Waals surface area contributed by atoms with Crippen LogP contribution in [-0.2, 0) is 19.5 Å². The Hall–Kier alpha value is -3.06. The molecule has 0 bridgehead atoms. The van der Waals surface area contributed by atoms with E-state index in [1.807, 2.05) is 4.90 Å². The van der Waals surface area contributed by atoms with Gasteiger partial charge in [-0.15, -0.1) is 0 Å². The van der Waals surface area contributed by atoms with Gasteiger partial charge in [-0.3, -0.25) is 14.9 Å². The molecule has 11 nitrogen and oxygen atoms in total. The predicted octanol–water partition coefficient (Wildman–Crippen LogP) is 2.01. The third kappa shape index (κ3) is 5.04. The largest absolute Gasteiger partial charge is 0.379 e. The first kappa shape index (κ1) is 24.1. The minimum atomic E-state index is -3.77. The lowest BCUT2D eigenvalue weighted by Gasteiger charge is -2.31. The van der Waals surface area contributed by atoms with E-state index < -0.39 is 20.9 Å². The number of carbonyl (C=O) groups excluding carboxylic acids is 1. The fraction of sp³-hybridized carbons (Fsp3) is 0.409. The van der Waals surface area contributed by atoms with Crippen LogP contribution in [-0.4, -0.2) is 76.2 Å². The van der Waals surface area contributed by atoms with Gasteiger partial charge >= 0.3 is 0 Å². The second kappa shape index (κ2) is 10.1. The Bertz CT molecular complexity index is 1190. The molecule has 1 amide bonds. The van der Waals surface area contributed by atoms with Crippen LogP contribution in [0.5, 0.6) is 0 Å². The van der Waals surface area contributed by atoms with Crippen LogP contribution >= 0.6 is 0 Å². The van der Waals surface area contributed by atoms with Gasteiger partial charge in [0.05, 0.1) is 47.6 Å². The number of benzene rings is 2. The van der Waals surface area contributed by atoms with Crippen molar-refractivity contribution in [2.75, 3.05) is 62.8 Å². The van der Waals surface area contributed by atoms with Gasteiger partial charge in [0.15, 0.2) is 0 Å². The third-order valence-electron chi connectivity index (χ3n) is 5.83. The van der Waals surface area contributed by atoms with Crippen LogP contribution in [0.3, 0.4) is 0 Å². The van der Waals surface area contributed by atoms with Gasteiger partial charge in [-0.1, -0.05) is 0 Å². The number of hydrogen-bond acceptors (Lipinski definition) is 8. The number of carbonyl (C=O) groups is 1. The van der Waals surface area contributed by atoms with Crippen LogP contribution in [0.15, 0.2) is 41.3 Å². The SMILES string of the molecule is Cc1cc(C(=O)Nc2cc(S(=O)(=O)N3CCOCC3)ccc2N2CCOCC2)ccc1[N+](=O)[O-]. The number of anilines is 2. The first-order chi connectivity index (χ1) is 16.3. The van der Waals surface area contributed by atoms with Crippen molar-refractivity contribution < 1.29 is 27.6 Å². The summed E-state index contributed by atoms with van der Waals surface area (Å²) in [4.78, 5) is 25.7. The van der Waals surface area contributed by atoms with Crippen LogP contribution in [0.1, 0.15) is 15.9 Å². The van der Waals surface area contributed by atoms with Gasteiger partial charge < -0.3 is 19.7 Å².